The van der Waals surface area contributed by atoms with Gasteiger partial charge >= 0.3 is 0 Å². The summed E-state index contributed by atoms with van der Waals surface area (Å²) in [7, 11) is -2.03. The maximum atomic E-state index is 12.8. The first-order chi connectivity index (χ1) is 13.0. The molecule has 0 saturated heterocycles. The quantitative estimate of drug-likeness (QED) is 0.775. The van der Waals surface area contributed by atoms with Crippen LogP contribution in [0.5, 0.6) is 0 Å². The molecule has 28 heavy (non-hydrogen) atoms. The smallest absolute Gasteiger partial charge is 0.256 e. The highest BCUT2D eigenvalue weighted by molar-refractivity contribution is 7.92. The lowest BCUT2D eigenvalue weighted by molar-refractivity contribution is 0.0944. The number of hydrogen-bond donors (Lipinski definition) is 2. The monoisotopic (exact) mass is 403 g/mol. The summed E-state index contributed by atoms with van der Waals surface area (Å²) in [5.74, 6) is -0.709. The Kier molecular flexibility index (Phi) is 6.45. The molecule has 0 radical (unpaired) electrons. The van der Waals surface area contributed by atoms with Crippen LogP contribution < -0.4 is 14.9 Å². The fourth-order valence-electron chi connectivity index (χ4n) is 2.71. The lowest BCUT2D eigenvalue weighted by Gasteiger charge is -2.20. The first kappa shape index (κ1) is 21.4. The van der Waals surface area contributed by atoms with E-state index in [4.69, 9.17) is 0 Å². The molecule has 2 aromatic rings. The van der Waals surface area contributed by atoms with Gasteiger partial charge in [-0.05, 0) is 50.6 Å². The summed E-state index contributed by atoms with van der Waals surface area (Å²) in [5, 5.41) is 5.56. The van der Waals surface area contributed by atoms with E-state index in [9.17, 15) is 18.0 Å². The molecule has 0 aliphatic heterocycles. The maximum Gasteiger partial charge on any atom is 0.256 e. The van der Waals surface area contributed by atoms with Gasteiger partial charge in [-0.25, -0.2) is 8.42 Å². The molecule has 0 unspecified atom stereocenters. The van der Waals surface area contributed by atoms with Crippen LogP contribution in [-0.4, -0.2) is 39.6 Å². The Morgan fingerprint density at radius 3 is 2.18 bits per heavy atom. The Bertz CT molecular complexity index is 1000. The van der Waals surface area contributed by atoms with Crippen LogP contribution in [0.1, 0.15) is 40.1 Å². The van der Waals surface area contributed by atoms with Gasteiger partial charge in [0.05, 0.1) is 23.2 Å². The number of carbonyl (C=O) groups excluding carboxylic acids is 2. The summed E-state index contributed by atoms with van der Waals surface area (Å²) in [5.41, 5.74) is 2.00. The van der Waals surface area contributed by atoms with Crippen molar-refractivity contribution in [3.8, 4) is 0 Å². The number of sulfonamides is 1. The second-order valence-corrected chi connectivity index (χ2v) is 8.82. The molecule has 2 N–H and O–H groups in total. The van der Waals surface area contributed by atoms with Crippen LogP contribution in [0.15, 0.2) is 42.5 Å². The zero-order chi connectivity index (χ0) is 21.1. The van der Waals surface area contributed by atoms with Crippen LogP contribution in [0.4, 0.5) is 11.4 Å². The lowest BCUT2D eigenvalue weighted by atomic mass is 10.1. The number of amides is 2. The van der Waals surface area contributed by atoms with E-state index >= 15 is 0 Å². The topological polar surface area (TPSA) is 95.6 Å². The van der Waals surface area contributed by atoms with Gasteiger partial charge in [-0.1, -0.05) is 18.2 Å². The maximum absolute atomic E-state index is 12.8. The zero-order valence-electron chi connectivity index (χ0n) is 16.6. The molecule has 8 heteroatoms. The fraction of sp³-hybridized carbons (Fsp3) is 0.300. The van der Waals surface area contributed by atoms with Crippen LogP contribution in [-0.2, 0) is 10.0 Å². The van der Waals surface area contributed by atoms with Gasteiger partial charge in [0.1, 0.15) is 0 Å². The van der Waals surface area contributed by atoms with E-state index in [1.54, 1.807) is 49.4 Å². The number of nitrogens with one attached hydrogen (secondary N) is 2. The molecule has 0 bridgehead atoms. The van der Waals surface area contributed by atoms with Crippen LogP contribution >= 0.6 is 0 Å². The van der Waals surface area contributed by atoms with E-state index in [1.807, 2.05) is 13.8 Å². The Labute approximate surface area is 165 Å². The average molecular weight is 404 g/mol. The van der Waals surface area contributed by atoms with Crippen molar-refractivity contribution < 1.29 is 18.0 Å². The van der Waals surface area contributed by atoms with E-state index in [0.717, 1.165) is 10.6 Å². The normalized spacial score (nSPS) is 11.2. The molecular weight excluding hydrogens is 378 g/mol. The molecule has 2 amide bonds. The van der Waals surface area contributed by atoms with Crippen molar-refractivity contribution in [3.05, 3.63) is 59.2 Å². The first-order valence-electron chi connectivity index (χ1n) is 8.77. The summed E-state index contributed by atoms with van der Waals surface area (Å²) in [4.78, 5) is 25.2. The molecule has 0 aliphatic carbocycles. The minimum Gasteiger partial charge on any atom is -0.350 e. The second kappa shape index (κ2) is 8.43. The molecule has 150 valence electrons. The lowest BCUT2D eigenvalue weighted by Crippen LogP contribution is -2.31. The average Bonchev–Trinajstić information content (AvgIpc) is 2.60. The summed E-state index contributed by atoms with van der Waals surface area (Å²) in [6, 6.07) is 11.6. The molecule has 2 aromatic carbocycles. The predicted octanol–water partition coefficient (Wildman–Crippen LogP) is 2.78. The van der Waals surface area contributed by atoms with Crippen molar-refractivity contribution in [2.24, 2.45) is 0 Å². The standard InChI is InChI=1S/C20H25N3O4S/c1-13(2)21-20(25)16-9-6-7-11-17(16)22-19(24)15-10-8-12-18(14(15)3)23(4)28(5,26)27/h6-13H,1-5H3,(H,21,25)(H,22,24). The van der Waals surface area contributed by atoms with Gasteiger partial charge in [-0.15, -0.1) is 0 Å². The summed E-state index contributed by atoms with van der Waals surface area (Å²) in [6.45, 7) is 5.39. The number of anilines is 2. The predicted molar refractivity (Wildman–Crippen MR) is 111 cm³/mol. The molecule has 0 saturated carbocycles. The molecule has 0 fully saturated rings. The van der Waals surface area contributed by atoms with Crippen molar-refractivity contribution in [1.29, 1.82) is 0 Å². The highest BCUT2D eigenvalue weighted by atomic mass is 32.2. The number of benzene rings is 2. The van der Waals surface area contributed by atoms with Gasteiger partial charge in [0.15, 0.2) is 0 Å². The van der Waals surface area contributed by atoms with E-state index in [1.165, 1.54) is 7.05 Å². The number of para-hydroxylation sites is 1. The van der Waals surface area contributed by atoms with Gasteiger partial charge in [0.25, 0.3) is 11.8 Å². The summed E-state index contributed by atoms with van der Waals surface area (Å²) < 4.78 is 24.8. The van der Waals surface area contributed by atoms with Crippen molar-refractivity contribution in [2.45, 2.75) is 26.8 Å². The molecular formula is C20H25N3O4S. The van der Waals surface area contributed by atoms with E-state index in [-0.39, 0.29) is 11.9 Å². The van der Waals surface area contributed by atoms with Crippen LogP contribution in [0.3, 0.4) is 0 Å². The Morgan fingerprint density at radius 1 is 0.964 bits per heavy atom. The Morgan fingerprint density at radius 2 is 1.57 bits per heavy atom. The van der Waals surface area contributed by atoms with Crippen LogP contribution in [0.2, 0.25) is 0 Å². The van der Waals surface area contributed by atoms with Gasteiger partial charge in [-0.3, -0.25) is 13.9 Å². The van der Waals surface area contributed by atoms with E-state index < -0.39 is 15.9 Å². The van der Waals surface area contributed by atoms with Crippen LogP contribution in [0.25, 0.3) is 0 Å². The van der Waals surface area contributed by atoms with Gasteiger partial charge in [0, 0.05) is 18.7 Å². The summed E-state index contributed by atoms with van der Waals surface area (Å²) in [6.07, 6.45) is 1.10. The molecule has 0 aromatic heterocycles. The number of carbonyl (C=O) groups is 2. The van der Waals surface area contributed by atoms with E-state index in [2.05, 4.69) is 10.6 Å². The van der Waals surface area contributed by atoms with Crippen molar-refractivity contribution in [3.63, 3.8) is 0 Å². The van der Waals surface area contributed by atoms with Crippen LogP contribution in [0, 0.1) is 6.92 Å². The summed E-state index contributed by atoms with van der Waals surface area (Å²) >= 11 is 0. The minimum absolute atomic E-state index is 0.0401. The van der Waals surface area contributed by atoms with Gasteiger partial charge in [-0.2, -0.15) is 0 Å². The molecule has 0 aliphatic rings. The molecule has 7 nitrogen and oxygen atoms in total. The Hall–Kier alpha value is -2.87. The first-order valence-corrected chi connectivity index (χ1v) is 10.6. The second-order valence-electron chi connectivity index (χ2n) is 6.81. The third kappa shape index (κ3) is 4.89. The molecule has 2 rings (SSSR count). The number of hydrogen-bond acceptors (Lipinski definition) is 4. The fourth-order valence-corrected chi connectivity index (χ4v) is 3.26. The largest absolute Gasteiger partial charge is 0.350 e. The van der Waals surface area contributed by atoms with Crippen molar-refractivity contribution in [1.82, 2.24) is 5.32 Å². The van der Waals surface area contributed by atoms with Crippen molar-refractivity contribution >= 4 is 33.2 Å². The highest BCUT2D eigenvalue weighted by Gasteiger charge is 2.20. The highest BCUT2D eigenvalue weighted by Crippen LogP contribution is 2.25. The number of rotatable bonds is 6. The van der Waals surface area contributed by atoms with Crippen molar-refractivity contribution in [2.75, 3.05) is 22.9 Å². The minimum atomic E-state index is -3.46. The van der Waals surface area contributed by atoms with Gasteiger partial charge in [0.2, 0.25) is 10.0 Å². The molecule has 0 spiro atoms. The Balaban J connectivity index is 2.36. The van der Waals surface area contributed by atoms with Gasteiger partial charge < -0.3 is 10.6 Å². The molecule has 0 atom stereocenters. The molecule has 0 heterocycles. The third-order valence-corrected chi connectivity index (χ3v) is 5.42. The van der Waals surface area contributed by atoms with E-state index in [0.29, 0.717) is 28.1 Å². The number of nitrogens with zero attached hydrogens (tertiary/aromatic N) is 1. The zero-order valence-corrected chi connectivity index (χ0v) is 17.4. The SMILES string of the molecule is Cc1c(C(=O)Nc2ccccc2C(=O)NC(C)C)cccc1N(C)S(C)(=O)=O. The third-order valence-electron chi connectivity index (χ3n) is 4.23.